The summed E-state index contributed by atoms with van der Waals surface area (Å²) in [5.41, 5.74) is 6.42. The maximum absolute atomic E-state index is 5.98. The Morgan fingerprint density at radius 3 is 2.90 bits per heavy atom. The van der Waals surface area contributed by atoms with Crippen molar-refractivity contribution in [1.82, 2.24) is 5.16 Å². The third-order valence-electron chi connectivity index (χ3n) is 3.16. The minimum atomic E-state index is 0.265. The predicted molar refractivity (Wildman–Crippen MR) is 79.3 cm³/mol. The standard InChI is InChI=1S/C14H16N2O3S/c1-17-13-6-9(12-7-14(15)16-19-12)2-3-11(13)18-10-4-5-20-8-10/h2-3,6-7,10H,4-5,8H2,1H3,(H2,15,16). The third-order valence-corrected chi connectivity index (χ3v) is 4.29. The fourth-order valence-corrected chi connectivity index (χ4v) is 3.22. The number of benzene rings is 1. The second-order valence-corrected chi connectivity index (χ2v) is 5.73. The molecule has 2 aromatic rings. The second-order valence-electron chi connectivity index (χ2n) is 4.59. The van der Waals surface area contributed by atoms with E-state index in [0.717, 1.165) is 29.2 Å². The lowest BCUT2D eigenvalue weighted by atomic mass is 10.1. The van der Waals surface area contributed by atoms with Crippen molar-refractivity contribution in [1.29, 1.82) is 0 Å². The molecule has 0 aliphatic carbocycles. The van der Waals surface area contributed by atoms with Crippen LogP contribution in [-0.4, -0.2) is 29.9 Å². The van der Waals surface area contributed by atoms with Gasteiger partial charge in [0.05, 0.1) is 7.11 Å². The van der Waals surface area contributed by atoms with Crippen molar-refractivity contribution in [2.75, 3.05) is 24.3 Å². The number of aromatic nitrogens is 1. The summed E-state index contributed by atoms with van der Waals surface area (Å²) < 4.78 is 16.5. The lowest BCUT2D eigenvalue weighted by molar-refractivity contribution is 0.218. The quantitative estimate of drug-likeness (QED) is 0.934. The Bertz CT molecular complexity index is 594. The summed E-state index contributed by atoms with van der Waals surface area (Å²) >= 11 is 1.91. The Balaban J connectivity index is 1.85. The molecule has 1 aromatic heterocycles. The van der Waals surface area contributed by atoms with Crippen molar-refractivity contribution in [3.8, 4) is 22.8 Å². The van der Waals surface area contributed by atoms with Crippen molar-refractivity contribution < 1.29 is 14.0 Å². The number of thioether (sulfide) groups is 1. The summed E-state index contributed by atoms with van der Waals surface area (Å²) in [6, 6.07) is 7.37. The van der Waals surface area contributed by atoms with Gasteiger partial charge < -0.3 is 19.7 Å². The van der Waals surface area contributed by atoms with Crippen LogP contribution in [0.25, 0.3) is 11.3 Å². The van der Waals surface area contributed by atoms with E-state index in [1.165, 1.54) is 0 Å². The van der Waals surface area contributed by atoms with Gasteiger partial charge in [0.1, 0.15) is 6.10 Å². The Hall–Kier alpha value is -1.82. The smallest absolute Gasteiger partial charge is 0.169 e. The Labute approximate surface area is 121 Å². The number of ether oxygens (including phenoxy) is 2. The van der Waals surface area contributed by atoms with E-state index >= 15 is 0 Å². The molecule has 1 atom stereocenters. The molecule has 1 unspecified atom stereocenters. The highest BCUT2D eigenvalue weighted by Gasteiger charge is 2.19. The van der Waals surface area contributed by atoms with E-state index in [2.05, 4.69) is 5.16 Å². The van der Waals surface area contributed by atoms with Gasteiger partial charge in [0.25, 0.3) is 0 Å². The first kappa shape index (κ1) is 13.2. The molecule has 0 radical (unpaired) electrons. The molecule has 1 aliphatic heterocycles. The first-order valence-corrected chi connectivity index (χ1v) is 7.57. The largest absolute Gasteiger partial charge is 0.493 e. The number of hydrogen-bond acceptors (Lipinski definition) is 6. The summed E-state index contributed by atoms with van der Waals surface area (Å²) in [5.74, 6) is 4.61. The van der Waals surface area contributed by atoms with Crippen LogP contribution in [0.2, 0.25) is 0 Å². The molecular formula is C14H16N2O3S. The summed E-state index contributed by atoms with van der Waals surface area (Å²) in [6.07, 6.45) is 1.34. The van der Waals surface area contributed by atoms with Crippen LogP contribution in [0.4, 0.5) is 5.82 Å². The van der Waals surface area contributed by atoms with Gasteiger partial charge in [-0.2, -0.15) is 11.8 Å². The molecular weight excluding hydrogens is 276 g/mol. The number of nitrogens with two attached hydrogens (primary N) is 1. The van der Waals surface area contributed by atoms with E-state index in [1.807, 2.05) is 30.0 Å². The zero-order chi connectivity index (χ0) is 13.9. The highest BCUT2D eigenvalue weighted by molar-refractivity contribution is 7.99. The normalized spacial score (nSPS) is 18.1. The summed E-state index contributed by atoms with van der Waals surface area (Å²) in [4.78, 5) is 0. The van der Waals surface area contributed by atoms with Gasteiger partial charge in [-0.25, -0.2) is 0 Å². The lowest BCUT2D eigenvalue weighted by Crippen LogP contribution is -2.15. The second kappa shape index (κ2) is 5.66. The monoisotopic (exact) mass is 292 g/mol. The van der Waals surface area contributed by atoms with Crippen molar-refractivity contribution in [3.05, 3.63) is 24.3 Å². The van der Waals surface area contributed by atoms with E-state index in [1.54, 1.807) is 13.2 Å². The van der Waals surface area contributed by atoms with Crippen LogP contribution in [0.1, 0.15) is 6.42 Å². The van der Waals surface area contributed by atoms with Gasteiger partial charge in [-0.05, 0) is 30.4 Å². The van der Waals surface area contributed by atoms with Crippen LogP contribution >= 0.6 is 11.8 Å². The summed E-state index contributed by atoms with van der Waals surface area (Å²) in [6.45, 7) is 0. The summed E-state index contributed by atoms with van der Waals surface area (Å²) in [5, 5.41) is 3.68. The van der Waals surface area contributed by atoms with Gasteiger partial charge in [-0.1, -0.05) is 5.16 Å². The maximum atomic E-state index is 5.98. The van der Waals surface area contributed by atoms with Gasteiger partial charge in [0.2, 0.25) is 0 Å². The molecule has 20 heavy (non-hydrogen) atoms. The predicted octanol–water partition coefficient (Wildman–Crippen LogP) is 2.82. The van der Waals surface area contributed by atoms with Crippen LogP contribution in [-0.2, 0) is 0 Å². The first-order chi connectivity index (χ1) is 9.76. The van der Waals surface area contributed by atoms with Crippen LogP contribution in [0.5, 0.6) is 11.5 Å². The molecule has 0 amide bonds. The average Bonchev–Trinajstić information content (AvgIpc) is 3.11. The molecule has 2 heterocycles. The molecule has 0 bridgehead atoms. The van der Waals surface area contributed by atoms with Gasteiger partial charge in [0.15, 0.2) is 23.1 Å². The molecule has 1 aromatic carbocycles. The van der Waals surface area contributed by atoms with E-state index in [0.29, 0.717) is 17.3 Å². The Kier molecular flexibility index (Phi) is 3.73. The molecule has 6 heteroatoms. The number of anilines is 1. The van der Waals surface area contributed by atoms with E-state index in [-0.39, 0.29) is 6.10 Å². The number of nitrogen functional groups attached to an aromatic ring is 1. The molecule has 1 aliphatic rings. The topological polar surface area (TPSA) is 70.5 Å². The molecule has 0 saturated carbocycles. The Morgan fingerprint density at radius 1 is 1.35 bits per heavy atom. The fraction of sp³-hybridized carbons (Fsp3) is 0.357. The molecule has 106 valence electrons. The SMILES string of the molecule is COc1cc(-c2cc(N)no2)ccc1OC1CCSC1. The molecule has 3 rings (SSSR count). The van der Waals surface area contributed by atoms with Crippen LogP contribution in [0, 0.1) is 0 Å². The van der Waals surface area contributed by atoms with E-state index in [9.17, 15) is 0 Å². The highest BCUT2D eigenvalue weighted by Crippen LogP contribution is 2.35. The first-order valence-electron chi connectivity index (χ1n) is 6.41. The molecule has 1 fully saturated rings. The third kappa shape index (κ3) is 2.70. The zero-order valence-electron chi connectivity index (χ0n) is 11.2. The van der Waals surface area contributed by atoms with Crippen LogP contribution in [0.15, 0.2) is 28.8 Å². The van der Waals surface area contributed by atoms with Crippen molar-refractivity contribution in [3.63, 3.8) is 0 Å². The van der Waals surface area contributed by atoms with Crippen LogP contribution < -0.4 is 15.2 Å². The maximum Gasteiger partial charge on any atom is 0.169 e. The number of nitrogens with zero attached hydrogens (tertiary/aromatic N) is 1. The van der Waals surface area contributed by atoms with Crippen LogP contribution in [0.3, 0.4) is 0 Å². The minimum absolute atomic E-state index is 0.265. The van der Waals surface area contributed by atoms with Gasteiger partial charge in [-0.15, -0.1) is 0 Å². The minimum Gasteiger partial charge on any atom is -0.493 e. The van der Waals surface area contributed by atoms with Crippen molar-refractivity contribution >= 4 is 17.6 Å². The average molecular weight is 292 g/mol. The molecule has 0 spiro atoms. The number of rotatable bonds is 4. The van der Waals surface area contributed by atoms with Crippen molar-refractivity contribution in [2.45, 2.75) is 12.5 Å². The lowest BCUT2D eigenvalue weighted by Gasteiger charge is -2.15. The Morgan fingerprint density at radius 2 is 2.25 bits per heavy atom. The van der Waals surface area contributed by atoms with Gasteiger partial charge in [0, 0.05) is 17.4 Å². The molecule has 1 saturated heterocycles. The number of hydrogen-bond donors (Lipinski definition) is 1. The fourth-order valence-electron chi connectivity index (χ4n) is 2.13. The van der Waals surface area contributed by atoms with Gasteiger partial charge >= 0.3 is 0 Å². The zero-order valence-corrected chi connectivity index (χ0v) is 12.0. The molecule has 2 N–H and O–H groups in total. The van der Waals surface area contributed by atoms with Crippen molar-refractivity contribution in [2.24, 2.45) is 0 Å². The van der Waals surface area contributed by atoms with Gasteiger partial charge in [-0.3, -0.25) is 0 Å². The molecule has 5 nitrogen and oxygen atoms in total. The highest BCUT2D eigenvalue weighted by atomic mass is 32.2. The van der Waals surface area contributed by atoms with E-state index in [4.69, 9.17) is 19.7 Å². The summed E-state index contributed by atoms with van der Waals surface area (Å²) in [7, 11) is 1.63. The van der Waals surface area contributed by atoms with E-state index < -0.39 is 0 Å². The number of methoxy groups -OCH3 is 1.